The van der Waals surface area contributed by atoms with Gasteiger partial charge in [-0.1, -0.05) is 29.8 Å². The number of hydroxylamine groups is 2. The molecule has 1 aromatic heterocycles. The largest absolute Gasteiger partial charge is 0.342 e. The van der Waals surface area contributed by atoms with Crippen LogP contribution in [0.2, 0.25) is 0 Å². The third-order valence-electron chi connectivity index (χ3n) is 3.93. The molecule has 1 fully saturated rings. The molecule has 1 aromatic carbocycles. The molecule has 0 unspecified atom stereocenters. The molecule has 2 heterocycles. The SMILES string of the molecule is CON(C)C(=O)c1nc(C2(C)OCCO2)sc1-c1ccc(C)cc1. The fourth-order valence-electron chi connectivity index (χ4n) is 2.43. The van der Waals surface area contributed by atoms with E-state index in [1.165, 1.54) is 18.4 Å². The zero-order valence-electron chi connectivity index (χ0n) is 14.2. The van der Waals surface area contributed by atoms with Crippen LogP contribution in [0.25, 0.3) is 10.4 Å². The number of carbonyl (C=O) groups is 1. The van der Waals surface area contributed by atoms with Crippen LogP contribution in [0.15, 0.2) is 24.3 Å². The molecule has 0 radical (unpaired) electrons. The second-order valence-corrected chi connectivity index (χ2v) is 6.69. The van der Waals surface area contributed by atoms with Gasteiger partial charge in [-0.05, 0) is 19.4 Å². The van der Waals surface area contributed by atoms with Gasteiger partial charge in [0.1, 0.15) is 5.69 Å². The molecule has 0 spiro atoms. The van der Waals surface area contributed by atoms with E-state index < -0.39 is 5.79 Å². The van der Waals surface area contributed by atoms with Gasteiger partial charge in [-0.15, -0.1) is 11.3 Å². The lowest BCUT2D eigenvalue weighted by atomic mass is 10.1. The molecule has 7 heteroatoms. The Labute approximate surface area is 144 Å². The van der Waals surface area contributed by atoms with E-state index in [0.29, 0.717) is 23.9 Å². The Kier molecular flexibility index (Phi) is 4.69. The van der Waals surface area contributed by atoms with Gasteiger partial charge in [0.25, 0.3) is 5.91 Å². The lowest BCUT2D eigenvalue weighted by Crippen LogP contribution is -2.27. The van der Waals surface area contributed by atoms with Crippen LogP contribution in [0.3, 0.4) is 0 Å². The first-order valence-electron chi connectivity index (χ1n) is 7.63. The summed E-state index contributed by atoms with van der Waals surface area (Å²) >= 11 is 1.41. The number of hydrogen-bond donors (Lipinski definition) is 0. The van der Waals surface area contributed by atoms with E-state index in [4.69, 9.17) is 14.3 Å². The summed E-state index contributed by atoms with van der Waals surface area (Å²) in [5, 5.41) is 1.79. The Balaban J connectivity index is 2.09. The standard InChI is InChI=1S/C17H20N2O4S/c1-11-5-7-12(8-6-11)14-13(15(20)19(3)21-4)18-16(24-14)17(2)22-9-10-23-17/h5-8H,9-10H2,1-4H3. The van der Waals surface area contributed by atoms with Crippen LogP contribution in [0, 0.1) is 6.92 Å². The van der Waals surface area contributed by atoms with Gasteiger partial charge in [-0.25, -0.2) is 10.0 Å². The lowest BCUT2D eigenvalue weighted by molar-refractivity contribution is -0.149. The number of aryl methyl sites for hydroxylation is 1. The number of rotatable bonds is 4. The summed E-state index contributed by atoms with van der Waals surface area (Å²) in [6.45, 7) is 4.87. The molecule has 0 saturated carbocycles. The summed E-state index contributed by atoms with van der Waals surface area (Å²) in [7, 11) is 3.01. The average molecular weight is 348 g/mol. The van der Waals surface area contributed by atoms with Crippen LogP contribution in [0.5, 0.6) is 0 Å². The molecule has 1 amide bonds. The van der Waals surface area contributed by atoms with Crippen molar-refractivity contribution in [2.45, 2.75) is 19.6 Å². The molecule has 0 N–H and O–H groups in total. The van der Waals surface area contributed by atoms with Gasteiger partial charge in [-0.3, -0.25) is 9.63 Å². The van der Waals surface area contributed by atoms with Gasteiger partial charge in [-0.2, -0.15) is 0 Å². The van der Waals surface area contributed by atoms with E-state index >= 15 is 0 Å². The second-order valence-electron chi connectivity index (χ2n) is 5.69. The van der Waals surface area contributed by atoms with E-state index in [0.717, 1.165) is 21.1 Å². The van der Waals surface area contributed by atoms with Crippen molar-refractivity contribution < 1.29 is 19.1 Å². The summed E-state index contributed by atoms with van der Waals surface area (Å²) in [5.41, 5.74) is 2.42. The topological polar surface area (TPSA) is 60.9 Å². The maximum atomic E-state index is 12.6. The maximum absolute atomic E-state index is 12.6. The lowest BCUT2D eigenvalue weighted by Gasteiger charge is -2.18. The Bertz CT molecular complexity index is 736. The summed E-state index contributed by atoms with van der Waals surface area (Å²) in [6.07, 6.45) is 0. The third-order valence-corrected chi connectivity index (χ3v) is 5.22. The number of nitrogens with zero attached hydrogens (tertiary/aromatic N) is 2. The number of benzene rings is 1. The van der Waals surface area contributed by atoms with Crippen molar-refractivity contribution in [1.29, 1.82) is 0 Å². The molecule has 24 heavy (non-hydrogen) atoms. The highest BCUT2D eigenvalue weighted by Gasteiger charge is 2.38. The van der Waals surface area contributed by atoms with Crippen LogP contribution < -0.4 is 0 Å². The van der Waals surface area contributed by atoms with Crippen LogP contribution in [0.1, 0.15) is 28.0 Å². The minimum absolute atomic E-state index is 0.308. The quantitative estimate of drug-likeness (QED) is 0.795. The molecular formula is C17H20N2O4S. The summed E-state index contributed by atoms with van der Waals surface area (Å²) in [5.74, 6) is -1.22. The zero-order chi connectivity index (χ0) is 17.3. The highest BCUT2D eigenvalue weighted by atomic mass is 32.1. The fraction of sp³-hybridized carbons (Fsp3) is 0.412. The second kappa shape index (κ2) is 6.60. The minimum Gasteiger partial charge on any atom is -0.342 e. The smallest absolute Gasteiger partial charge is 0.297 e. The van der Waals surface area contributed by atoms with Crippen molar-refractivity contribution in [1.82, 2.24) is 10.0 Å². The van der Waals surface area contributed by atoms with Gasteiger partial charge >= 0.3 is 0 Å². The Morgan fingerprint density at radius 3 is 2.50 bits per heavy atom. The number of carbonyl (C=O) groups excluding carboxylic acids is 1. The highest BCUT2D eigenvalue weighted by molar-refractivity contribution is 7.15. The van der Waals surface area contributed by atoms with Gasteiger partial charge < -0.3 is 9.47 Å². The van der Waals surface area contributed by atoms with Crippen molar-refractivity contribution in [2.75, 3.05) is 27.4 Å². The molecule has 0 atom stereocenters. The highest BCUT2D eigenvalue weighted by Crippen LogP contribution is 2.39. The average Bonchev–Trinajstić information content (AvgIpc) is 3.22. The number of hydrogen-bond acceptors (Lipinski definition) is 6. The first-order chi connectivity index (χ1) is 11.4. The number of aromatic nitrogens is 1. The van der Waals surface area contributed by atoms with Crippen molar-refractivity contribution >= 4 is 17.2 Å². The van der Waals surface area contributed by atoms with Gasteiger partial charge in [0.2, 0.25) is 5.79 Å². The number of amides is 1. The zero-order valence-corrected chi connectivity index (χ0v) is 15.0. The monoisotopic (exact) mass is 348 g/mol. The van der Waals surface area contributed by atoms with Crippen LogP contribution in [0.4, 0.5) is 0 Å². The van der Waals surface area contributed by atoms with Gasteiger partial charge in [0, 0.05) is 7.05 Å². The van der Waals surface area contributed by atoms with E-state index in [2.05, 4.69) is 4.98 Å². The third kappa shape index (κ3) is 3.08. The normalized spacial score (nSPS) is 16.3. The molecule has 6 nitrogen and oxygen atoms in total. The Morgan fingerprint density at radius 2 is 1.92 bits per heavy atom. The first kappa shape index (κ1) is 17.0. The molecule has 1 saturated heterocycles. The first-order valence-corrected chi connectivity index (χ1v) is 8.44. The number of thiazole rings is 1. The Morgan fingerprint density at radius 1 is 1.29 bits per heavy atom. The molecule has 3 rings (SSSR count). The van der Waals surface area contributed by atoms with E-state index in [9.17, 15) is 4.79 Å². The van der Waals surface area contributed by atoms with Crippen molar-refractivity contribution in [2.24, 2.45) is 0 Å². The van der Waals surface area contributed by atoms with E-state index in [1.54, 1.807) is 7.05 Å². The van der Waals surface area contributed by atoms with E-state index in [-0.39, 0.29) is 5.91 Å². The van der Waals surface area contributed by atoms with Crippen molar-refractivity contribution in [3.05, 3.63) is 40.5 Å². The molecule has 0 bridgehead atoms. The molecule has 0 aliphatic carbocycles. The molecule has 1 aliphatic rings. The molecule has 1 aliphatic heterocycles. The van der Waals surface area contributed by atoms with E-state index in [1.807, 2.05) is 38.1 Å². The molecule has 128 valence electrons. The molecular weight excluding hydrogens is 328 g/mol. The van der Waals surface area contributed by atoms with Gasteiger partial charge in [0.15, 0.2) is 5.01 Å². The van der Waals surface area contributed by atoms with Crippen LogP contribution >= 0.6 is 11.3 Å². The molecule has 2 aromatic rings. The van der Waals surface area contributed by atoms with Crippen molar-refractivity contribution in [3.63, 3.8) is 0 Å². The Hall–Kier alpha value is -1.80. The number of ether oxygens (including phenoxy) is 2. The maximum Gasteiger partial charge on any atom is 0.297 e. The summed E-state index contributed by atoms with van der Waals surface area (Å²) in [4.78, 5) is 23.0. The summed E-state index contributed by atoms with van der Waals surface area (Å²) < 4.78 is 11.4. The predicted octanol–water partition coefficient (Wildman–Crippen LogP) is 2.97. The van der Waals surface area contributed by atoms with Crippen LogP contribution in [-0.2, 0) is 20.1 Å². The van der Waals surface area contributed by atoms with Gasteiger partial charge in [0.05, 0.1) is 25.2 Å². The fourth-order valence-corrected chi connectivity index (χ4v) is 3.55. The summed E-state index contributed by atoms with van der Waals surface area (Å²) in [6, 6.07) is 7.98. The minimum atomic E-state index is -0.908. The van der Waals surface area contributed by atoms with Crippen molar-refractivity contribution in [3.8, 4) is 10.4 Å². The predicted molar refractivity (Wildman–Crippen MR) is 90.6 cm³/mol. The van der Waals surface area contributed by atoms with Crippen LogP contribution in [-0.4, -0.2) is 43.3 Å².